The Morgan fingerprint density at radius 1 is 1.33 bits per heavy atom. The van der Waals surface area contributed by atoms with Gasteiger partial charge in [-0.25, -0.2) is 0 Å². The Morgan fingerprint density at radius 3 is 2.83 bits per heavy atom. The summed E-state index contributed by atoms with van der Waals surface area (Å²) < 4.78 is 4.88. The van der Waals surface area contributed by atoms with Crippen LogP contribution in [0.5, 0.6) is 0 Å². The number of aliphatic hydroxyl groups is 1. The summed E-state index contributed by atoms with van der Waals surface area (Å²) in [4.78, 5) is 13.5. The number of hydrogen-bond acceptors (Lipinski definition) is 4. The second-order valence-electron chi connectivity index (χ2n) is 4.98. The zero-order valence-electron chi connectivity index (χ0n) is 11.6. The van der Waals surface area contributed by atoms with E-state index in [1.807, 2.05) is 6.92 Å². The van der Waals surface area contributed by atoms with E-state index >= 15 is 0 Å². The first-order chi connectivity index (χ1) is 8.77. The number of likely N-dealkylation sites (tertiary alicyclic amines) is 1. The molecule has 0 aliphatic carbocycles. The zero-order valence-corrected chi connectivity index (χ0v) is 11.6. The topological polar surface area (TPSA) is 49.8 Å². The lowest BCUT2D eigenvalue weighted by atomic mass is 10.1. The van der Waals surface area contributed by atoms with Crippen LogP contribution < -0.4 is 0 Å². The summed E-state index contributed by atoms with van der Waals surface area (Å²) >= 11 is 0. The quantitative estimate of drug-likeness (QED) is 0.507. The largest absolute Gasteiger partial charge is 0.466 e. The summed E-state index contributed by atoms with van der Waals surface area (Å²) in [5.74, 6) is -0.0719. The van der Waals surface area contributed by atoms with E-state index in [-0.39, 0.29) is 5.97 Å². The van der Waals surface area contributed by atoms with Crippen LogP contribution in [0.2, 0.25) is 0 Å². The number of unbranched alkanes of at least 4 members (excludes halogenated alkanes) is 3. The molecule has 0 saturated carbocycles. The van der Waals surface area contributed by atoms with Gasteiger partial charge in [-0.1, -0.05) is 12.8 Å². The van der Waals surface area contributed by atoms with Crippen LogP contribution in [0, 0.1) is 0 Å². The number of ether oxygens (including phenoxy) is 1. The number of rotatable bonds is 9. The number of carbonyl (C=O) groups excluding carboxylic acids is 1. The van der Waals surface area contributed by atoms with Gasteiger partial charge in [-0.15, -0.1) is 0 Å². The monoisotopic (exact) mass is 257 g/mol. The molecule has 1 atom stereocenters. The van der Waals surface area contributed by atoms with Crippen molar-refractivity contribution in [3.05, 3.63) is 0 Å². The van der Waals surface area contributed by atoms with Gasteiger partial charge in [-0.05, 0) is 45.7 Å². The minimum atomic E-state index is -0.0719. The Kier molecular flexibility index (Phi) is 8.01. The fraction of sp³-hybridized carbons (Fsp3) is 0.929. The lowest BCUT2D eigenvalue weighted by Crippen LogP contribution is -2.32. The second kappa shape index (κ2) is 9.34. The molecular formula is C14H27NO3. The standard InChI is InChI=1S/C14H27NO3/c1-2-18-14(17)9-5-3-4-6-10-15-11-7-8-13(15)12-16/h13,16H,2-12H2,1H3. The maximum atomic E-state index is 11.1. The third kappa shape index (κ3) is 5.83. The molecule has 0 aromatic rings. The molecule has 18 heavy (non-hydrogen) atoms. The summed E-state index contributed by atoms with van der Waals surface area (Å²) in [5, 5.41) is 9.20. The smallest absolute Gasteiger partial charge is 0.305 e. The van der Waals surface area contributed by atoms with Crippen LogP contribution in [0.4, 0.5) is 0 Å². The molecule has 1 unspecified atom stereocenters. The van der Waals surface area contributed by atoms with Gasteiger partial charge < -0.3 is 9.84 Å². The highest BCUT2D eigenvalue weighted by Gasteiger charge is 2.22. The van der Waals surface area contributed by atoms with E-state index in [9.17, 15) is 9.90 Å². The van der Waals surface area contributed by atoms with E-state index in [2.05, 4.69) is 4.90 Å². The van der Waals surface area contributed by atoms with Gasteiger partial charge in [-0.3, -0.25) is 9.69 Å². The third-order valence-corrected chi connectivity index (χ3v) is 3.59. The van der Waals surface area contributed by atoms with E-state index in [1.165, 1.54) is 12.8 Å². The molecule has 0 spiro atoms. The van der Waals surface area contributed by atoms with Crippen molar-refractivity contribution < 1.29 is 14.6 Å². The fourth-order valence-corrected chi connectivity index (χ4v) is 2.57. The molecule has 0 amide bonds. The number of nitrogens with zero attached hydrogens (tertiary/aromatic N) is 1. The average Bonchev–Trinajstić information content (AvgIpc) is 2.81. The molecule has 0 aromatic carbocycles. The number of carbonyl (C=O) groups is 1. The summed E-state index contributed by atoms with van der Waals surface area (Å²) in [7, 11) is 0. The maximum Gasteiger partial charge on any atom is 0.305 e. The van der Waals surface area contributed by atoms with Crippen molar-refractivity contribution in [1.29, 1.82) is 0 Å². The van der Waals surface area contributed by atoms with Crippen molar-refractivity contribution in [2.45, 2.75) is 57.9 Å². The molecule has 0 radical (unpaired) electrons. The van der Waals surface area contributed by atoms with E-state index < -0.39 is 0 Å². The third-order valence-electron chi connectivity index (χ3n) is 3.59. The van der Waals surface area contributed by atoms with Gasteiger partial charge in [0.15, 0.2) is 0 Å². The molecule has 1 saturated heterocycles. The Morgan fingerprint density at radius 2 is 2.11 bits per heavy atom. The number of hydrogen-bond donors (Lipinski definition) is 1. The Balaban J connectivity index is 1.94. The molecule has 4 nitrogen and oxygen atoms in total. The first-order valence-electron chi connectivity index (χ1n) is 7.28. The maximum absolute atomic E-state index is 11.1. The van der Waals surface area contributed by atoms with Crippen LogP contribution in [0.25, 0.3) is 0 Å². The number of esters is 1. The van der Waals surface area contributed by atoms with E-state index in [0.717, 1.165) is 38.8 Å². The molecule has 1 rings (SSSR count). The summed E-state index contributed by atoms with van der Waals surface area (Å²) in [5.41, 5.74) is 0. The molecular weight excluding hydrogens is 230 g/mol. The Labute approximate surface area is 110 Å². The molecule has 1 aliphatic heterocycles. The van der Waals surface area contributed by atoms with Crippen LogP contribution in [0.3, 0.4) is 0 Å². The zero-order chi connectivity index (χ0) is 13.2. The van der Waals surface area contributed by atoms with Crippen LogP contribution >= 0.6 is 0 Å². The van der Waals surface area contributed by atoms with E-state index in [1.54, 1.807) is 0 Å². The normalized spacial score (nSPS) is 20.2. The van der Waals surface area contributed by atoms with Gasteiger partial charge in [-0.2, -0.15) is 0 Å². The van der Waals surface area contributed by atoms with Gasteiger partial charge >= 0.3 is 5.97 Å². The summed E-state index contributed by atoms with van der Waals surface area (Å²) in [6.45, 7) is 4.84. The molecule has 1 fully saturated rings. The first kappa shape index (κ1) is 15.4. The Hall–Kier alpha value is -0.610. The van der Waals surface area contributed by atoms with Crippen molar-refractivity contribution in [1.82, 2.24) is 4.90 Å². The van der Waals surface area contributed by atoms with Crippen molar-refractivity contribution in [2.24, 2.45) is 0 Å². The lowest BCUT2D eigenvalue weighted by molar-refractivity contribution is -0.143. The number of aliphatic hydroxyl groups excluding tert-OH is 1. The van der Waals surface area contributed by atoms with E-state index in [0.29, 0.717) is 25.7 Å². The summed E-state index contributed by atoms with van der Waals surface area (Å²) in [6, 6.07) is 0.393. The van der Waals surface area contributed by atoms with Gasteiger partial charge in [0.25, 0.3) is 0 Å². The molecule has 1 heterocycles. The van der Waals surface area contributed by atoms with Gasteiger partial charge in [0.05, 0.1) is 13.2 Å². The summed E-state index contributed by atoms with van der Waals surface area (Å²) in [6.07, 6.45) is 7.26. The molecule has 1 aliphatic rings. The van der Waals surface area contributed by atoms with Gasteiger partial charge in [0.2, 0.25) is 0 Å². The van der Waals surface area contributed by atoms with Crippen LogP contribution in [0.1, 0.15) is 51.9 Å². The molecule has 0 aromatic heterocycles. The SMILES string of the molecule is CCOC(=O)CCCCCCN1CCCC1CO. The fourth-order valence-electron chi connectivity index (χ4n) is 2.57. The predicted octanol–water partition coefficient (Wildman–Crippen LogP) is 1.96. The highest BCUT2D eigenvalue weighted by atomic mass is 16.5. The van der Waals surface area contributed by atoms with Gasteiger partial charge in [0, 0.05) is 12.5 Å². The minimum Gasteiger partial charge on any atom is -0.466 e. The average molecular weight is 257 g/mol. The minimum absolute atomic E-state index is 0.0719. The van der Waals surface area contributed by atoms with Crippen molar-refractivity contribution >= 4 is 5.97 Å². The van der Waals surface area contributed by atoms with Gasteiger partial charge in [0.1, 0.15) is 0 Å². The van der Waals surface area contributed by atoms with Crippen molar-refractivity contribution in [3.8, 4) is 0 Å². The molecule has 4 heteroatoms. The highest BCUT2D eigenvalue weighted by molar-refractivity contribution is 5.69. The Bertz CT molecular complexity index is 233. The highest BCUT2D eigenvalue weighted by Crippen LogP contribution is 2.17. The van der Waals surface area contributed by atoms with E-state index in [4.69, 9.17) is 4.74 Å². The van der Waals surface area contributed by atoms with Crippen LogP contribution in [0.15, 0.2) is 0 Å². The first-order valence-corrected chi connectivity index (χ1v) is 7.28. The predicted molar refractivity (Wildman–Crippen MR) is 71.4 cm³/mol. The van der Waals surface area contributed by atoms with Crippen molar-refractivity contribution in [2.75, 3.05) is 26.3 Å². The van der Waals surface area contributed by atoms with Crippen molar-refractivity contribution in [3.63, 3.8) is 0 Å². The second-order valence-corrected chi connectivity index (χ2v) is 4.98. The molecule has 1 N–H and O–H groups in total. The molecule has 0 bridgehead atoms. The van der Waals surface area contributed by atoms with Crippen LogP contribution in [-0.4, -0.2) is 48.3 Å². The van der Waals surface area contributed by atoms with Crippen LogP contribution in [-0.2, 0) is 9.53 Å². The molecule has 106 valence electrons. The lowest BCUT2D eigenvalue weighted by Gasteiger charge is -2.22.